The quantitative estimate of drug-likeness (QED) is 0.718. The fourth-order valence-corrected chi connectivity index (χ4v) is 2.07. The first-order valence-corrected chi connectivity index (χ1v) is 5.77. The van der Waals surface area contributed by atoms with Crippen LogP contribution in [0.5, 0.6) is 0 Å². The highest BCUT2D eigenvalue weighted by Gasteiger charge is 2.08. The van der Waals surface area contributed by atoms with Gasteiger partial charge in [-0.05, 0) is 18.2 Å². The molecule has 0 aliphatic rings. The fraction of sp³-hybridized carbons (Fsp3) is 0. The predicted molar refractivity (Wildman–Crippen MR) is 72.5 cm³/mol. The lowest BCUT2D eigenvalue weighted by Gasteiger charge is -2.04. The van der Waals surface area contributed by atoms with Gasteiger partial charge in [0.1, 0.15) is 0 Å². The van der Waals surface area contributed by atoms with Crippen molar-refractivity contribution < 1.29 is 0 Å². The summed E-state index contributed by atoms with van der Waals surface area (Å²) in [7, 11) is 0. The molecule has 0 radical (unpaired) electrons. The Bertz CT molecular complexity index is 859. The number of rotatable bonds is 1. The van der Waals surface area contributed by atoms with Crippen LogP contribution in [-0.2, 0) is 0 Å². The summed E-state index contributed by atoms with van der Waals surface area (Å²) in [5.41, 5.74) is 1.84. The number of nitrogens with zero attached hydrogens (tertiary/aromatic N) is 2. The molecule has 3 aromatic rings. The molecule has 2 aromatic carbocycles. The molecule has 0 spiro atoms. The van der Waals surface area contributed by atoms with Crippen LogP contribution in [0.3, 0.4) is 0 Å². The Hall–Kier alpha value is -2.93. The molecule has 1 heterocycles. The molecule has 1 N–H and O–H groups in total. The molecule has 0 amide bonds. The first kappa shape index (κ1) is 11.2. The number of nitrogens with one attached hydrogen (secondary N) is 1. The van der Waals surface area contributed by atoms with Gasteiger partial charge in [0.15, 0.2) is 0 Å². The van der Waals surface area contributed by atoms with Crippen molar-refractivity contribution in [3.05, 3.63) is 64.4 Å². The highest BCUT2D eigenvalue weighted by molar-refractivity contribution is 5.93. The minimum Gasteiger partial charge on any atom is -0.267 e. The Morgan fingerprint density at radius 3 is 2.63 bits per heavy atom. The minimum atomic E-state index is -0.212. The largest absolute Gasteiger partial charge is 0.272 e. The average Bonchev–Trinajstić information content (AvgIpc) is 2.48. The number of hydrogen-bond donors (Lipinski definition) is 1. The predicted octanol–water partition coefficient (Wildman–Crippen LogP) is 2.46. The van der Waals surface area contributed by atoms with Gasteiger partial charge >= 0.3 is 0 Å². The first-order valence-electron chi connectivity index (χ1n) is 5.77. The lowest BCUT2D eigenvalue weighted by molar-refractivity contribution is 1.02. The van der Waals surface area contributed by atoms with Gasteiger partial charge < -0.3 is 0 Å². The summed E-state index contributed by atoms with van der Waals surface area (Å²) in [4.78, 5) is 11.7. The van der Waals surface area contributed by atoms with Crippen molar-refractivity contribution in [2.24, 2.45) is 0 Å². The molecule has 4 heteroatoms. The topological polar surface area (TPSA) is 69.5 Å². The van der Waals surface area contributed by atoms with Crippen molar-refractivity contribution in [3.8, 4) is 17.3 Å². The van der Waals surface area contributed by atoms with Gasteiger partial charge in [-0.2, -0.15) is 10.4 Å². The summed E-state index contributed by atoms with van der Waals surface area (Å²) in [5, 5.41) is 16.9. The van der Waals surface area contributed by atoms with Gasteiger partial charge in [0.25, 0.3) is 5.56 Å². The van der Waals surface area contributed by atoms with Crippen LogP contribution in [0.25, 0.3) is 22.0 Å². The third kappa shape index (κ3) is 1.87. The van der Waals surface area contributed by atoms with Crippen LogP contribution in [0.1, 0.15) is 5.56 Å². The van der Waals surface area contributed by atoms with E-state index in [4.69, 9.17) is 5.26 Å². The van der Waals surface area contributed by atoms with E-state index in [0.717, 1.165) is 10.9 Å². The Morgan fingerprint density at radius 1 is 1.05 bits per heavy atom. The normalized spacial score (nSPS) is 10.3. The van der Waals surface area contributed by atoms with E-state index in [-0.39, 0.29) is 5.56 Å². The van der Waals surface area contributed by atoms with Gasteiger partial charge in [-0.25, -0.2) is 5.10 Å². The summed E-state index contributed by atoms with van der Waals surface area (Å²) < 4.78 is 0. The maximum absolute atomic E-state index is 11.7. The van der Waals surface area contributed by atoms with Gasteiger partial charge in [0, 0.05) is 10.9 Å². The van der Waals surface area contributed by atoms with Gasteiger partial charge in [-0.3, -0.25) is 4.79 Å². The molecule has 1 aromatic heterocycles. The van der Waals surface area contributed by atoms with Crippen LogP contribution < -0.4 is 5.56 Å². The van der Waals surface area contributed by atoms with Crippen molar-refractivity contribution in [1.82, 2.24) is 10.2 Å². The van der Waals surface area contributed by atoms with Gasteiger partial charge in [-0.1, -0.05) is 30.3 Å². The molecule has 0 saturated heterocycles. The van der Waals surface area contributed by atoms with Crippen molar-refractivity contribution >= 4 is 10.8 Å². The van der Waals surface area contributed by atoms with E-state index in [2.05, 4.69) is 16.3 Å². The first-order chi connectivity index (χ1) is 9.29. The third-order valence-electron chi connectivity index (χ3n) is 2.96. The Balaban J connectivity index is 2.34. The van der Waals surface area contributed by atoms with Gasteiger partial charge in [0.2, 0.25) is 0 Å². The number of aromatic amines is 1. The number of hydrogen-bond acceptors (Lipinski definition) is 3. The van der Waals surface area contributed by atoms with E-state index in [1.807, 2.05) is 24.3 Å². The lowest BCUT2D eigenvalue weighted by atomic mass is 10.0. The Kier molecular flexibility index (Phi) is 2.58. The van der Waals surface area contributed by atoms with Gasteiger partial charge in [0.05, 0.1) is 22.7 Å². The molecule has 0 unspecified atom stereocenters. The molecule has 4 nitrogen and oxygen atoms in total. The zero-order chi connectivity index (χ0) is 13.2. The summed E-state index contributed by atoms with van der Waals surface area (Å²) in [6, 6.07) is 16.5. The standard InChI is InChI=1S/C15H9N3O/c16-9-10-4-3-5-11(8-10)14-12-6-1-2-7-13(12)15(19)18-17-14/h1-8H,(H,18,19). The fourth-order valence-electron chi connectivity index (χ4n) is 2.07. The SMILES string of the molecule is N#Cc1cccc(-c2n[nH]c(=O)c3ccccc23)c1. The van der Waals surface area contributed by atoms with Crippen LogP contribution in [0, 0.1) is 11.3 Å². The molecule has 0 bridgehead atoms. The van der Waals surface area contributed by atoms with Crippen LogP contribution in [0.15, 0.2) is 53.3 Å². The second-order valence-corrected chi connectivity index (χ2v) is 4.14. The molecule has 90 valence electrons. The van der Waals surface area contributed by atoms with Crippen molar-refractivity contribution in [2.45, 2.75) is 0 Å². The molecule has 0 aliphatic heterocycles. The lowest BCUT2D eigenvalue weighted by Crippen LogP contribution is -2.09. The monoisotopic (exact) mass is 247 g/mol. The Labute approximate surface area is 108 Å². The summed E-state index contributed by atoms with van der Waals surface area (Å²) in [5.74, 6) is 0. The van der Waals surface area contributed by atoms with Crippen molar-refractivity contribution in [3.63, 3.8) is 0 Å². The molecule has 0 fully saturated rings. The van der Waals surface area contributed by atoms with E-state index >= 15 is 0 Å². The van der Waals surface area contributed by atoms with Crippen LogP contribution in [-0.4, -0.2) is 10.2 Å². The number of fused-ring (bicyclic) bond motifs is 1. The van der Waals surface area contributed by atoms with Crippen molar-refractivity contribution in [2.75, 3.05) is 0 Å². The van der Waals surface area contributed by atoms with Gasteiger partial charge in [-0.15, -0.1) is 0 Å². The van der Waals surface area contributed by atoms with E-state index in [1.54, 1.807) is 24.3 Å². The molecule has 19 heavy (non-hydrogen) atoms. The second-order valence-electron chi connectivity index (χ2n) is 4.14. The number of H-pyrrole nitrogens is 1. The van der Waals surface area contributed by atoms with E-state index < -0.39 is 0 Å². The third-order valence-corrected chi connectivity index (χ3v) is 2.96. The van der Waals surface area contributed by atoms with Crippen LogP contribution >= 0.6 is 0 Å². The average molecular weight is 247 g/mol. The number of nitriles is 1. The number of aromatic nitrogens is 2. The molecule has 3 rings (SSSR count). The smallest absolute Gasteiger partial charge is 0.267 e. The molecular weight excluding hydrogens is 238 g/mol. The number of benzene rings is 2. The van der Waals surface area contributed by atoms with E-state index in [1.165, 1.54) is 0 Å². The highest BCUT2D eigenvalue weighted by Crippen LogP contribution is 2.24. The highest BCUT2D eigenvalue weighted by atomic mass is 16.1. The summed E-state index contributed by atoms with van der Waals surface area (Å²) in [6.45, 7) is 0. The van der Waals surface area contributed by atoms with E-state index in [0.29, 0.717) is 16.6 Å². The van der Waals surface area contributed by atoms with Crippen LogP contribution in [0.4, 0.5) is 0 Å². The summed E-state index contributed by atoms with van der Waals surface area (Å²) >= 11 is 0. The maximum Gasteiger partial charge on any atom is 0.272 e. The zero-order valence-corrected chi connectivity index (χ0v) is 9.92. The van der Waals surface area contributed by atoms with Crippen molar-refractivity contribution in [1.29, 1.82) is 5.26 Å². The molecular formula is C15H9N3O. The van der Waals surface area contributed by atoms with E-state index in [9.17, 15) is 4.79 Å². The minimum absolute atomic E-state index is 0.212. The molecule has 0 atom stereocenters. The second kappa shape index (κ2) is 4.39. The summed E-state index contributed by atoms with van der Waals surface area (Å²) in [6.07, 6.45) is 0. The Morgan fingerprint density at radius 2 is 1.84 bits per heavy atom. The van der Waals surface area contributed by atoms with Crippen LogP contribution in [0.2, 0.25) is 0 Å². The maximum atomic E-state index is 11.7. The zero-order valence-electron chi connectivity index (χ0n) is 9.92. The molecule has 0 aliphatic carbocycles. The molecule has 0 saturated carbocycles.